The number of rotatable bonds is 8. The van der Waals surface area contributed by atoms with Crippen molar-refractivity contribution in [2.75, 3.05) is 13.2 Å². The topological polar surface area (TPSA) is 73.6 Å². The van der Waals surface area contributed by atoms with Crippen molar-refractivity contribution < 1.29 is 14.3 Å². The van der Waals surface area contributed by atoms with Gasteiger partial charge < -0.3 is 20.5 Å². The van der Waals surface area contributed by atoms with Crippen molar-refractivity contribution in [1.82, 2.24) is 5.32 Å². The average Bonchev–Trinajstić information content (AvgIpc) is 2.60. The van der Waals surface area contributed by atoms with Gasteiger partial charge >= 0.3 is 0 Å². The molecule has 2 rings (SSSR count). The van der Waals surface area contributed by atoms with E-state index in [0.29, 0.717) is 25.7 Å². The third kappa shape index (κ3) is 7.68. The molecule has 6 heteroatoms. The lowest BCUT2D eigenvalue weighted by Gasteiger charge is -2.27. The minimum atomic E-state index is -0.478. The van der Waals surface area contributed by atoms with Crippen LogP contribution in [0.1, 0.15) is 51.2 Å². The number of hydrogen-bond acceptors (Lipinski definition) is 4. The number of carbonyl (C=O) groups excluding carboxylic acids is 1. The van der Waals surface area contributed by atoms with Gasteiger partial charge in [-0.1, -0.05) is 26.0 Å². The number of nitrogens with one attached hydrogen (secondary N) is 1. The van der Waals surface area contributed by atoms with Crippen molar-refractivity contribution in [3.63, 3.8) is 0 Å². The van der Waals surface area contributed by atoms with Gasteiger partial charge in [0.2, 0.25) is 5.91 Å². The van der Waals surface area contributed by atoms with Crippen LogP contribution in [-0.2, 0) is 16.1 Å². The van der Waals surface area contributed by atoms with Crippen LogP contribution in [0.2, 0.25) is 0 Å². The van der Waals surface area contributed by atoms with Gasteiger partial charge in [-0.25, -0.2) is 0 Å². The summed E-state index contributed by atoms with van der Waals surface area (Å²) in [6.45, 7) is 10.3. The van der Waals surface area contributed by atoms with E-state index in [0.717, 1.165) is 36.1 Å². The number of nitrogens with two attached hydrogens (primary N) is 1. The van der Waals surface area contributed by atoms with Crippen LogP contribution in [0.5, 0.6) is 5.75 Å². The number of halogens is 1. The first-order valence-corrected chi connectivity index (χ1v) is 9.74. The molecule has 0 radical (unpaired) electrons. The molecule has 0 spiro atoms. The zero-order chi connectivity index (χ0) is 19.1. The predicted octanol–water partition coefficient (Wildman–Crippen LogP) is 3.60. The molecule has 1 aromatic rings. The van der Waals surface area contributed by atoms with E-state index in [4.69, 9.17) is 15.2 Å². The summed E-state index contributed by atoms with van der Waals surface area (Å²) in [5, 5.41) is 2.99. The number of benzene rings is 1. The van der Waals surface area contributed by atoms with Crippen LogP contribution in [0.3, 0.4) is 0 Å². The van der Waals surface area contributed by atoms with Gasteiger partial charge in [-0.15, -0.1) is 12.4 Å². The van der Waals surface area contributed by atoms with E-state index >= 15 is 0 Å². The maximum Gasteiger partial charge on any atom is 0.237 e. The Bertz CT molecular complexity index is 589. The molecule has 1 fully saturated rings. The molecule has 1 saturated heterocycles. The standard InChI is InChI=1S/C21H34N2O3.ClH/c1-14(2)11-16(4)26-19-12-15(3)5-6-18(19)13-23-21(24)20(22)17-7-9-25-10-8-17;/h5-6,12,14,16-17,20H,7-11,13,22H2,1-4H3,(H,23,24);1H. The highest BCUT2D eigenvalue weighted by Gasteiger charge is 2.26. The maximum atomic E-state index is 12.4. The van der Waals surface area contributed by atoms with Crippen LogP contribution in [0.4, 0.5) is 0 Å². The quantitative estimate of drug-likeness (QED) is 0.701. The van der Waals surface area contributed by atoms with Crippen LogP contribution in [0.25, 0.3) is 0 Å². The molecule has 5 nitrogen and oxygen atoms in total. The fourth-order valence-electron chi connectivity index (χ4n) is 3.44. The SMILES string of the molecule is Cc1ccc(CNC(=O)C(N)C2CCOCC2)c(OC(C)CC(C)C)c1.Cl. The summed E-state index contributed by atoms with van der Waals surface area (Å²) >= 11 is 0. The Kier molecular flexibility index (Phi) is 10.1. The van der Waals surface area contributed by atoms with Crippen molar-refractivity contribution in [2.24, 2.45) is 17.6 Å². The molecule has 0 aliphatic carbocycles. The van der Waals surface area contributed by atoms with Crippen LogP contribution in [0.15, 0.2) is 18.2 Å². The summed E-state index contributed by atoms with van der Waals surface area (Å²) in [5.74, 6) is 1.52. The first-order chi connectivity index (χ1) is 12.4. The molecule has 0 aromatic heterocycles. The second-order valence-corrected chi connectivity index (χ2v) is 7.86. The summed E-state index contributed by atoms with van der Waals surface area (Å²) in [4.78, 5) is 12.4. The monoisotopic (exact) mass is 398 g/mol. The highest BCUT2D eigenvalue weighted by Crippen LogP contribution is 2.24. The van der Waals surface area contributed by atoms with Gasteiger partial charge in [-0.3, -0.25) is 4.79 Å². The third-order valence-corrected chi connectivity index (χ3v) is 4.88. The molecule has 1 aromatic carbocycles. The van der Waals surface area contributed by atoms with Gasteiger partial charge in [0.25, 0.3) is 0 Å². The highest BCUT2D eigenvalue weighted by atomic mass is 35.5. The molecule has 0 bridgehead atoms. The third-order valence-electron chi connectivity index (χ3n) is 4.88. The lowest BCUT2D eigenvalue weighted by atomic mass is 9.92. The number of ether oxygens (including phenoxy) is 2. The Morgan fingerprint density at radius 1 is 1.30 bits per heavy atom. The first kappa shape index (κ1) is 23.7. The zero-order valence-electron chi connectivity index (χ0n) is 17.0. The Balaban J connectivity index is 0.00000364. The lowest BCUT2D eigenvalue weighted by Crippen LogP contribution is -2.46. The molecule has 2 atom stereocenters. The van der Waals surface area contributed by atoms with Crippen LogP contribution in [0, 0.1) is 18.8 Å². The smallest absolute Gasteiger partial charge is 0.237 e. The highest BCUT2D eigenvalue weighted by molar-refractivity contribution is 5.85. The van der Waals surface area contributed by atoms with Gasteiger partial charge in [0.05, 0.1) is 12.1 Å². The van der Waals surface area contributed by atoms with Gasteiger partial charge in [0.15, 0.2) is 0 Å². The van der Waals surface area contributed by atoms with Gasteiger partial charge in [0, 0.05) is 25.3 Å². The molecule has 154 valence electrons. The summed E-state index contributed by atoms with van der Waals surface area (Å²) in [6.07, 6.45) is 2.82. The number of hydrogen-bond donors (Lipinski definition) is 2. The molecular weight excluding hydrogens is 364 g/mol. The van der Waals surface area contributed by atoms with E-state index in [1.165, 1.54) is 0 Å². The summed E-state index contributed by atoms with van der Waals surface area (Å²) in [5.41, 5.74) is 8.28. The van der Waals surface area contributed by atoms with Crippen molar-refractivity contribution >= 4 is 18.3 Å². The summed E-state index contributed by atoms with van der Waals surface area (Å²) in [7, 11) is 0. The normalized spacial score (nSPS) is 17.1. The molecule has 1 aliphatic rings. The van der Waals surface area contributed by atoms with Crippen LogP contribution in [-0.4, -0.2) is 31.3 Å². The predicted molar refractivity (Wildman–Crippen MR) is 111 cm³/mol. The minimum absolute atomic E-state index is 0. The second kappa shape index (κ2) is 11.5. The van der Waals surface area contributed by atoms with E-state index in [2.05, 4.69) is 26.1 Å². The largest absolute Gasteiger partial charge is 0.490 e. The van der Waals surface area contributed by atoms with Crippen molar-refractivity contribution in [3.8, 4) is 5.75 Å². The Hall–Kier alpha value is -1.30. The fraction of sp³-hybridized carbons (Fsp3) is 0.667. The lowest BCUT2D eigenvalue weighted by molar-refractivity contribution is -0.124. The van der Waals surface area contributed by atoms with Crippen LogP contribution >= 0.6 is 12.4 Å². The van der Waals surface area contributed by atoms with Crippen molar-refractivity contribution in [3.05, 3.63) is 29.3 Å². The second-order valence-electron chi connectivity index (χ2n) is 7.86. The summed E-state index contributed by atoms with van der Waals surface area (Å²) < 4.78 is 11.5. The molecule has 3 N–H and O–H groups in total. The van der Waals surface area contributed by atoms with E-state index in [1.54, 1.807) is 0 Å². The van der Waals surface area contributed by atoms with Crippen molar-refractivity contribution in [1.29, 1.82) is 0 Å². The van der Waals surface area contributed by atoms with Gasteiger partial charge in [-0.2, -0.15) is 0 Å². The Morgan fingerprint density at radius 3 is 2.59 bits per heavy atom. The fourth-order valence-corrected chi connectivity index (χ4v) is 3.44. The zero-order valence-corrected chi connectivity index (χ0v) is 17.8. The molecule has 2 unspecified atom stereocenters. The average molecular weight is 399 g/mol. The Morgan fingerprint density at radius 2 is 1.96 bits per heavy atom. The molecular formula is C21H35ClN2O3. The number of aryl methyl sites for hydroxylation is 1. The number of amides is 1. The minimum Gasteiger partial charge on any atom is -0.490 e. The number of carbonyl (C=O) groups is 1. The molecule has 1 heterocycles. The molecule has 27 heavy (non-hydrogen) atoms. The maximum absolute atomic E-state index is 12.4. The molecule has 1 amide bonds. The van der Waals surface area contributed by atoms with E-state index in [9.17, 15) is 4.79 Å². The van der Waals surface area contributed by atoms with Crippen LogP contribution < -0.4 is 15.8 Å². The van der Waals surface area contributed by atoms with Crippen molar-refractivity contribution in [2.45, 2.75) is 65.6 Å². The van der Waals surface area contributed by atoms with Gasteiger partial charge in [0.1, 0.15) is 5.75 Å². The molecule has 1 aliphatic heterocycles. The summed E-state index contributed by atoms with van der Waals surface area (Å²) in [6, 6.07) is 5.62. The van der Waals surface area contributed by atoms with E-state index in [1.807, 2.05) is 25.1 Å². The Labute approximate surface area is 169 Å². The first-order valence-electron chi connectivity index (χ1n) is 9.74. The van der Waals surface area contributed by atoms with Gasteiger partial charge in [-0.05, 0) is 56.6 Å². The van der Waals surface area contributed by atoms with E-state index < -0.39 is 6.04 Å². The van der Waals surface area contributed by atoms with E-state index in [-0.39, 0.29) is 30.3 Å². The molecule has 0 saturated carbocycles.